The lowest BCUT2D eigenvalue weighted by Crippen LogP contribution is -2.40. The Bertz CT molecular complexity index is 833. The molecule has 2 heterocycles. The number of aliphatic hydroxyl groups excluding tert-OH is 1. The topological polar surface area (TPSA) is 82.5 Å². The SMILES string of the molecule is CC(=O)N1c2ccc(-c3ccc(C(=O)NCCCO)nc3)cc2CC[C@@H]1C. The number of rotatable bonds is 5. The van der Waals surface area contributed by atoms with Gasteiger partial charge in [0.15, 0.2) is 0 Å². The molecule has 142 valence electrons. The van der Waals surface area contributed by atoms with Crippen LogP contribution >= 0.6 is 0 Å². The average molecular weight is 367 g/mol. The fraction of sp³-hybridized carbons (Fsp3) is 0.381. The molecule has 2 aromatic rings. The van der Waals surface area contributed by atoms with Crippen molar-refractivity contribution in [2.45, 2.75) is 39.2 Å². The van der Waals surface area contributed by atoms with Crippen LogP contribution in [0.2, 0.25) is 0 Å². The van der Waals surface area contributed by atoms with Gasteiger partial charge in [0.2, 0.25) is 5.91 Å². The van der Waals surface area contributed by atoms with Gasteiger partial charge in [-0.1, -0.05) is 12.1 Å². The first-order chi connectivity index (χ1) is 13.0. The second-order valence-corrected chi connectivity index (χ2v) is 6.89. The fourth-order valence-electron chi connectivity index (χ4n) is 3.48. The Hall–Kier alpha value is -2.73. The van der Waals surface area contributed by atoms with Crippen LogP contribution in [0.4, 0.5) is 5.69 Å². The van der Waals surface area contributed by atoms with E-state index in [0.29, 0.717) is 18.7 Å². The molecule has 0 saturated carbocycles. The summed E-state index contributed by atoms with van der Waals surface area (Å²) in [6, 6.07) is 9.89. The van der Waals surface area contributed by atoms with Crippen molar-refractivity contribution in [2.75, 3.05) is 18.1 Å². The molecule has 0 bridgehead atoms. The molecule has 1 aliphatic heterocycles. The van der Waals surface area contributed by atoms with Gasteiger partial charge in [0.25, 0.3) is 5.91 Å². The molecule has 2 N–H and O–H groups in total. The number of carbonyl (C=O) groups excluding carboxylic acids is 2. The van der Waals surface area contributed by atoms with E-state index in [4.69, 9.17) is 5.11 Å². The highest BCUT2D eigenvalue weighted by Gasteiger charge is 2.26. The molecule has 3 rings (SSSR count). The number of nitrogens with one attached hydrogen (secondary N) is 1. The summed E-state index contributed by atoms with van der Waals surface area (Å²) in [6.07, 6.45) is 4.10. The monoisotopic (exact) mass is 367 g/mol. The molecule has 0 unspecified atom stereocenters. The first-order valence-electron chi connectivity index (χ1n) is 9.29. The summed E-state index contributed by atoms with van der Waals surface area (Å²) >= 11 is 0. The van der Waals surface area contributed by atoms with Crippen LogP contribution < -0.4 is 10.2 Å². The quantitative estimate of drug-likeness (QED) is 0.796. The van der Waals surface area contributed by atoms with Gasteiger partial charge in [0.05, 0.1) is 0 Å². The molecule has 0 spiro atoms. The van der Waals surface area contributed by atoms with Crippen LogP contribution in [0.1, 0.15) is 42.7 Å². The van der Waals surface area contributed by atoms with Crippen LogP contribution in [0, 0.1) is 0 Å². The van der Waals surface area contributed by atoms with Gasteiger partial charge in [-0.2, -0.15) is 0 Å². The van der Waals surface area contributed by atoms with Gasteiger partial charge in [-0.05, 0) is 55.5 Å². The van der Waals surface area contributed by atoms with Crippen molar-refractivity contribution in [3.8, 4) is 11.1 Å². The molecule has 1 aliphatic rings. The lowest BCUT2D eigenvalue weighted by molar-refractivity contribution is -0.117. The summed E-state index contributed by atoms with van der Waals surface area (Å²) in [6.45, 7) is 4.15. The van der Waals surface area contributed by atoms with Crippen LogP contribution in [-0.2, 0) is 11.2 Å². The maximum atomic E-state index is 12.0. The van der Waals surface area contributed by atoms with Crippen molar-refractivity contribution in [3.63, 3.8) is 0 Å². The zero-order chi connectivity index (χ0) is 19.4. The van der Waals surface area contributed by atoms with Crippen LogP contribution in [0.5, 0.6) is 0 Å². The van der Waals surface area contributed by atoms with Crippen molar-refractivity contribution in [3.05, 3.63) is 47.8 Å². The molecule has 2 amide bonds. The number of aromatic nitrogens is 1. The Morgan fingerprint density at radius 2 is 2.04 bits per heavy atom. The third kappa shape index (κ3) is 4.17. The number of carbonyl (C=O) groups is 2. The minimum absolute atomic E-state index is 0.0464. The van der Waals surface area contributed by atoms with Gasteiger partial charge in [-0.25, -0.2) is 0 Å². The van der Waals surface area contributed by atoms with Gasteiger partial charge in [-0.3, -0.25) is 14.6 Å². The van der Waals surface area contributed by atoms with E-state index in [1.165, 1.54) is 0 Å². The Morgan fingerprint density at radius 1 is 1.26 bits per heavy atom. The third-order valence-electron chi connectivity index (χ3n) is 4.90. The Labute approximate surface area is 159 Å². The van der Waals surface area contributed by atoms with Crippen LogP contribution in [-0.4, -0.2) is 41.1 Å². The van der Waals surface area contributed by atoms with Gasteiger partial charge in [0, 0.05) is 43.6 Å². The van der Waals surface area contributed by atoms with E-state index in [2.05, 4.69) is 23.3 Å². The summed E-state index contributed by atoms with van der Waals surface area (Å²) in [5, 5.41) is 11.5. The van der Waals surface area contributed by atoms with E-state index in [1.54, 1.807) is 19.2 Å². The summed E-state index contributed by atoms with van der Waals surface area (Å²) < 4.78 is 0. The number of fused-ring (bicyclic) bond motifs is 1. The summed E-state index contributed by atoms with van der Waals surface area (Å²) in [4.78, 5) is 30.1. The van der Waals surface area contributed by atoms with E-state index in [0.717, 1.165) is 35.2 Å². The number of benzene rings is 1. The molecule has 6 heteroatoms. The van der Waals surface area contributed by atoms with Crippen LogP contribution in [0.15, 0.2) is 36.5 Å². The zero-order valence-corrected chi connectivity index (χ0v) is 15.7. The van der Waals surface area contributed by atoms with Gasteiger partial charge in [0.1, 0.15) is 5.69 Å². The number of aryl methyl sites for hydroxylation is 1. The number of hydrogen-bond acceptors (Lipinski definition) is 4. The van der Waals surface area contributed by atoms with Gasteiger partial charge >= 0.3 is 0 Å². The van der Waals surface area contributed by atoms with E-state index < -0.39 is 0 Å². The number of aliphatic hydroxyl groups is 1. The molecule has 1 aromatic carbocycles. The third-order valence-corrected chi connectivity index (χ3v) is 4.90. The van der Waals surface area contributed by atoms with E-state index in [-0.39, 0.29) is 24.5 Å². The van der Waals surface area contributed by atoms with E-state index in [9.17, 15) is 9.59 Å². The predicted molar refractivity (Wildman–Crippen MR) is 105 cm³/mol. The molecule has 1 atom stereocenters. The molecule has 0 saturated heterocycles. The van der Waals surface area contributed by atoms with Crippen LogP contribution in [0.25, 0.3) is 11.1 Å². The van der Waals surface area contributed by atoms with E-state index in [1.807, 2.05) is 23.1 Å². The standard InChI is InChI=1S/C21H25N3O3/c1-14-4-5-17-12-16(7-9-20(17)24(14)15(2)26)18-6-8-19(23-13-18)21(27)22-10-3-11-25/h6-9,12-14,25H,3-5,10-11H2,1-2H3,(H,22,27)/t14-/m0/s1. The Balaban J connectivity index is 1.79. The normalized spacial score (nSPS) is 16.0. The lowest BCUT2D eigenvalue weighted by atomic mass is 9.93. The summed E-state index contributed by atoms with van der Waals surface area (Å²) in [5.41, 5.74) is 4.44. The zero-order valence-electron chi connectivity index (χ0n) is 15.7. The predicted octanol–water partition coefficient (Wildman–Crippen LogP) is 2.55. The largest absolute Gasteiger partial charge is 0.396 e. The van der Waals surface area contributed by atoms with Gasteiger partial charge < -0.3 is 15.3 Å². The highest BCUT2D eigenvalue weighted by atomic mass is 16.3. The first kappa shape index (κ1) is 19.0. The van der Waals surface area contributed by atoms with Gasteiger partial charge in [-0.15, -0.1) is 0 Å². The molecule has 0 radical (unpaired) electrons. The highest BCUT2D eigenvalue weighted by molar-refractivity contribution is 5.94. The highest BCUT2D eigenvalue weighted by Crippen LogP contribution is 2.34. The van der Waals surface area contributed by atoms with Crippen molar-refractivity contribution >= 4 is 17.5 Å². The summed E-state index contributed by atoms with van der Waals surface area (Å²) in [5.74, 6) is -0.180. The number of anilines is 1. The number of pyridine rings is 1. The number of hydrogen-bond donors (Lipinski definition) is 2. The van der Waals surface area contributed by atoms with Crippen molar-refractivity contribution in [1.29, 1.82) is 0 Å². The molecule has 0 fully saturated rings. The van der Waals surface area contributed by atoms with Crippen molar-refractivity contribution in [2.24, 2.45) is 0 Å². The minimum atomic E-state index is -0.244. The number of nitrogens with zero attached hydrogens (tertiary/aromatic N) is 2. The van der Waals surface area contributed by atoms with Crippen molar-refractivity contribution in [1.82, 2.24) is 10.3 Å². The fourth-order valence-corrected chi connectivity index (χ4v) is 3.48. The molecule has 6 nitrogen and oxygen atoms in total. The smallest absolute Gasteiger partial charge is 0.269 e. The first-order valence-corrected chi connectivity index (χ1v) is 9.29. The number of amides is 2. The summed E-state index contributed by atoms with van der Waals surface area (Å²) in [7, 11) is 0. The maximum absolute atomic E-state index is 12.0. The molecular formula is C21H25N3O3. The van der Waals surface area contributed by atoms with E-state index >= 15 is 0 Å². The Morgan fingerprint density at radius 3 is 2.70 bits per heavy atom. The second-order valence-electron chi connectivity index (χ2n) is 6.89. The average Bonchev–Trinajstić information content (AvgIpc) is 2.67. The Kier molecular flexibility index (Phi) is 5.86. The maximum Gasteiger partial charge on any atom is 0.269 e. The molecule has 0 aliphatic carbocycles. The van der Waals surface area contributed by atoms with Crippen LogP contribution in [0.3, 0.4) is 0 Å². The molecule has 27 heavy (non-hydrogen) atoms. The molecule has 1 aromatic heterocycles. The van der Waals surface area contributed by atoms with Crippen molar-refractivity contribution < 1.29 is 14.7 Å². The second kappa shape index (κ2) is 8.31. The molecular weight excluding hydrogens is 342 g/mol. The lowest BCUT2D eigenvalue weighted by Gasteiger charge is -2.34. The minimum Gasteiger partial charge on any atom is -0.396 e.